The summed E-state index contributed by atoms with van der Waals surface area (Å²) >= 11 is 0. The largest absolute Gasteiger partial charge is 0.375 e. The van der Waals surface area contributed by atoms with Crippen LogP contribution in [-0.4, -0.2) is 77.5 Å². The Hall–Kier alpha value is -2.42. The molecule has 4 aromatic rings. The zero-order valence-electron chi connectivity index (χ0n) is 27.4. The van der Waals surface area contributed by atoms with Crippen LogP contribution in [0.1, 0.15) is 22.3 Å². The van der Waals surface area contributed by atoms with Crippen LogP contribution in [0.2, 0.25) is 0 Å². The van der Waals surface area contributed by atoms with E-state index in [1.54, 1.807) is 0 Å². The summed E-state index contributed by atoms with van der Waals surface area (Å²) < 4.78 is 25.2. The first kappa shape index (κ1) is 34.9. The molecule has 5 rings (SSSR count). The molecule has 4 aromatic carbocycles. The van der Waals surface area contributed by atoms with Crippen molar-refractivity contribution in [3.05, 3.63) is 144 Å². The van der Waals surface area contributed by atoms with E-state index < -0.39 is 14.5 Å². The summed E-state index contributed by atoms with van der Waals surface area (Å²) in [4.78, 5) is 0. The van der Waals surface area contributed by atoms with Gasteiger partial charge in [-0.05, 0) is 22.3 Å². The molecule has 46 heavy (non-hydrogen) atoms. The average molecular weight is 659 g/mol. The number of hydrogen-bond acceptors (Lipinski definition) is 4. The van der Waals surface area contributed by atoms with Gasteiger partial charge in [-0.1, -0.05) is 121 Å². The van der Waals surface area contributed by atoms with Crippen molar-refractivity contribution < 1.29 is 18.9 Å². The van der Waals surface area contributed by atoms with Gasteiger partial charge < -0.3 is 18.9 Å². The number of ether oxygens (including phenoxy) is 4. The van der Waals surface area contributed by atoms with Crippen molar-refractivity contribution in [2.24, 2.45) is 0 Å². The molecule has 0 radical (unpaired) electrons. The topological polar surface area (TPSA) is 36.9 Å². The minimum Gasteiger partial charge on any atom is -0.375 e. The van der Waals surface area contributed by atoms with Crippen molar-refractivity contribution in [1.82, 2.24) is 0 Å². The molecule has 0 N–H and O–H groups in total. The molecule has 0 atom stereocenters. The molecule has 1 aliphatic heterocycles. The highest BCUT2D eigenvalue weighted by molar-refractivity contribution is 7.74. The standard InChI is InChI=1S/C40H52O4P2/c1-5-13-37(14-6-1)33-45(34-38-15-7-2-8-16-38)29-25-41-21-23-43-27-31-46(35-39-17-9-3-10-18-39,36-40-19-11-4-12-20-40)32-28-44-24-22-42-26-30-45/h1-20H,21-36H2/q+2. The van der Waals surface area contributed by atoms with Crippen molar-refractivity contribution in [2.75, 3.05) is 77.5 Å². The van der Waals surface area contributed by atoms with Crippen LogP contribution in [0.25, 0.3) is 0 Å². The first-order valence-electron chi connectivity index (χ1n) is 16.9. The molecular formula is C40H52O4P2+2. The number of benzene rings is 4. The highest BCUT2D eigenvalue weighted by atomic mass is 31.2. The fourth-order valence-electron chi connectivity index (χ4n) is 6.53. The van der Waals surface area contributed by atoms with Crippen LogP contribution >= 0.6 is 14.5 Å². The molecule has 1 aliphatic rings. The molecule has 0 aromatic heterocycles. The lowest BCUT2D eigenvalue weighted by Gasteiger charge is -2.29. The quantitative estimate of drug-likeness (QED) is 0.177. The molecule has 244 valence electrons. The monoisotopic (exact) mass is 658 g/mol. The van der Waals surface area contributed by atoms with Crippen LogP contribution in [0.3, 0.4) is 0 Å². The van der Waals surface area contributed by atoms with Crippen LogP contribution in [0.4, 0.5) is 0 Å². The first-order chi connectivity index (χ1) is 22.7. The van der Waals surface area contributed by atoms with Crippen LogP contribution in [0.15, 0.2) is 121 Å². The van der Waals surface area contributed by atoms with E-state index in [9.17, 15) is 0 Å². The third-order valence-corrected chi connectivity index (χ3v) is 17.7. The van der Waals surface area contributed by atoms with Gasteiger partial charge in [0.25, 0.3) is 0 Å². The van der Waals surface area contributed by atoms with Gasteiger partial charge in [0, 0.05) is 14.5 Å². The lowest BCUT2D eigenvalue weighted by atomic mass is 10.2. The van der Waals surface area contributed by atoms with E-state index in [-0.39, 0.29) is 0 Å². The van der Waals surface area contributed by atoms with Gasteiger partial charge in [-0.15, -0.1) is 0 Å². The van der Waals surface area contributed by atoms with Gasteiger partial charge in [0.05, 0.1) is 102 Å². The summed E-state index contributed by atoms with van der Waals surface area (Å²) in [6, 6.07) is 43.9. The Labute approximate surface area is 278 Å². The second kappa shape index (κ2) is 19.4. The predicted molar refractivity (Wildman–Crippen MR) is 197 cm³/mol. The van der Waals surface area contributed by atoms with Gasteiger partial charge in [-0.2, -0.15) is 0 Å². The first-order valence-corrected chi connectivity index (χ1v) is 22.0. The van der Waals surface area contributed by atoms with Crippen LogP contribution in [0.5, 0.6) is 0 Å². The molecule has 0 saturated carbocycles. The van der Waals surface area contributed by atoms with Gasteiger partial charge in [-0.3, -0.25) is 0 Å². The van der Waals surface area contributed by atoms with Crippen molar-refractivity contribution >= 4 is 14.5 Å². The Bertz CT molecular complexity index is 1140. The molecule has 1 saturated heterocycles. The molecule has 0 aliphatic carbocycles. The van der Waals surface area contributed by atoms with Crippen molar-refractivity contribution in [3.8, 4) is 0 Å². The lowest BCUT2D eigenvalue weighted by Crippen LogP contribution is -2.21. The fourth-order valence-corrected chi connectivity index (χ4v) is 14.5. The van der Waals surface area contributed by atoms with Crippen LogP contribution in [-0.2, 0) is 43.6 Å². The maximum Gasteiger partial charge on any atom is 0.0847 e. The Balaban J connectivity index is 1.26. The highest BCUT2D eigenvalue weighted by Gasteiger charge is 2.39. The second-order valence-electron chi connectivity index (χ2n) is 12.6. The molecular weight excluding hydrogens is 606 g/mol. The Morgan fingerprint density at radius 3 is 0.739 bits per heavy atom. The molecule has 0 amide bonds. The van der Waals surface area contributed by atoms with Crippen molar-refractivity contribution in [2.45, 2.75) is 24.6 Å². The zero-order chi connectivity index (χ0) is 31.6. The molecule has 0 bridgehead atoms. The smallest absolute Gasteiger partial charge is 0.0847 e. The van der Waals surface area contributed by atoms with E-state index in [4.69, 9.17) is 18.9 Å². The Kier molecular flexibility index (Phi) is 14.7. The molecule has 4 nitrogen and oxygen atoms in total. The van der Waals surface area contributed by atoms with Gasteiger partial charge in [0.2, 0.25) is 0 Å². The summed E-state index contributed by atoms with van der Waals surface area (Å²) in [6.45, 7) is 5.60. The van der Waals surface area contributed by atoms with E-state index in [0.717, 1.165) is 75.7 Å². The van der Waals surface area contributed by atoms with E-state index >= 15 is 0 Å². The summed E-state index contributed by atoms with van der Waals surface area (Å²) in [5.74, 6) is 0. The molecule has 1 fully saturated rings. The maximum atomic E-state index is 6.30. The van der Waals surface area contributed by atoms with Gasteiger partial charge in [-0.25, -0.2) is 0 Å². The third-order valence-electron chi connectivity index (χ3n) is 9.03. The van der Waals surface area contributed by atoms with E-state index in [1.165, 1.54) is 22.3 Å². The summed E-state index contributed by atoms with van der Waals surface area (Å²) in [5, 5.41) is 0. The molecule has 0 spiro atoms. The lowest BCUT2D eigenvalue weighted by molar-refractivity contribution is 0.0565. The zero-order valence-corrected chi connectivity index (χ0v) is 29.2. The second-order valence-corrected chi connectivity index (χ2v) is 21.0. The van der Waals surface area contributed by atoms with Gasteiger partial charge in [0.15, 0.2) is 0 Å². The SMILES string of the molecule is c1ccc(C[P+]2(Cc3ccccc3)CCOCCOCC[P+](Cc3ccccc3)(Cc3ccccc3)CCOCCOCC2)cc1. The van der Waals surface area contributed by atoms with Gasteiger partial charge in [0.1, 0.15) is 0 Å². The summed E-state index contributed by atoms with van der Waals surface area (Å²) in [6.07, 6.45) is 8.76. The molecule has 0 unspecified atom stereocenters. The molecule has 1 heterocycles. The van der Waals surface area contributed by atoms with E-state index in [0.29, 0.717) is 26.4 Å². The van der Waals surface area contributed by atoms with Gasteiger partial charge >= 0.3 is 0 Å². The predicted octanol–water partition coefficient (Wildman–Crippen LogP) is 8.90. The minimum atomic E-state index is -1.46. The minimum absolute atomic E-state index is 0.638. The normalized spacial score (nSPS) is 18.6. The average Bonchev–Trinajstić information content (AvgIpc) is 3.08. The Morgan fingerprint density at radius 1 is 0.304 bits per heavy atom. The maximum absolute atomic E-state index is 6.30. The van der Waals surface area contributed by atoms with Crippen LogP contribution in [0, 0.1) is 0 Å². The van der Waals surface area contributed by atoms with Crippen LogP contribution < -0.4 is 0 Å². The Morgan fingerprint density at radius 2 is 0.522 bits per heavy atom. The fraction of sp³-hybridized carbons (Fsp3) is 0.400. The van der Waals surface area contributed by atoms with E-state index in [1.807, 2.05) is 0 Å². The highest BCUT2D eigenvalue weighted by Crippen LogP contribution is 2.64. The molecule has 6 heteroatoms. The van der Waals surface area contributed by atoms with E-state index in [2.05, 4.69) is 121 Å². The number of hydrogen-bond donors (Lipinski definition) is 0. The summed E-state index contributed by atoms with van der Waals surface area (Å²) in [7, 11) is -2.91. The third kappa shape index (κ3) is 12.0. The number of rotatable bonds is 8. The van der Waals surface area contributed by atoms with Crippen molar-refractivity contribution in [3.63, 3.8) is 0 Å². The summed E-state index contributed by atoms with van der Waals surface area (Å²) in [5.41, 5.74) is 5.66. The van der Waals surface area contributed by atoms with Crippen molar-refractivity contribution in [1.29, 1.82) is 0 Å².